The minimum Gasteiger partial charge on any atom is -0.506 e. The van der Waals surface area contributed by atoms with Crippen LogP contribution in [0.5, 0.6) is 5.75 Å². The molecule has 0 unspecified atom stereocenters. The largest absolute Gasteiger partial charge is 0.506 e. The van der Waals surface area contributed by atoms with Crippen molar-refractivity contribution in [3.8, 4) is 5.75 Å². The maximum absolute atomic E-state index is 12.5. The lowest BCUT2D eigenvalue weighted by atomic mass is 9.97. The summed E-state index contributed by atoms with van der Waals surface area (Å²) < 4.78 is 0. The number of aromatic nitrogens is 2. The van der Waals surface area contributed by atoms with E-state index in [9.17, 15) is 9.90 Å². The van der Waals surface area contributed by atoms with Crippen molar-refractivity contribution < 1.29 is 9.90 Å². The Morgan fingerprint density at radius 3 is 2.91 bits per heavy atom. The van der Waals surface area contributed by atoms with E-state index in [1.807, 2.05) is 4.90 Å². The average molecular weight is 333 g/mol. The van der Waals surface area contributed by atoms with E-state index in [0.29, 0.717) is 23.2 Å². The zero-order chi connectivity index (χ0) is 16.2. The number of anilines is 2. The zero-order valence-electron chi connectivity index (χ0n) is 12.4. The van der Waals surface area contributed by atoms with Crippen molar-refractivity contribution in [3.63, 3.8) is 0 Å². The maximum atomic E-state index is 12.5. The fourth-order valence-corrected chi connectivity index (χ4v) is 2.84. The van der Waals surface area contributed by atoms with Gasteiger partial charge in [-0.1, -0.05) is 11.6 Å². The molecule has 2 aromatic rings. The first-order valence-electron chi connectivity index (χ1n) is 7.45. The predicted molar refractivity (Wildman–Crippen MR) is 88.7 cm³/mol. The summed E-state index contributed by atoms with van der Waals surface area (Å²) in [6, 6.07) is 6.33. The van der Waals surface area contributed by atoms with Gasteiger partial charge >= 0.3 is 0 Å². The molecule has 0 spiro atoms. The molecule has 2 heterocycles. The van der Waals surface area contributed by atoms with Crippen LogP contribution in [0.3, 0.4) is 0 Å². The summed E-state index contributed by atoms with van der Waals surface area (Å²) in [7, 11) is 0. The van der Waals surface area contributed by atoms with Crippen molar-refractivity contribution >= 4 is 29.1 Å². The molecule has 2 N–H and O–H groups in total. The molecule has 1 aliphatic heterocycles. The summed E-state index contributed by atoms with van der Waals surface area (Å²) in [5, 5.41) is 13.0. The van der Waals surface area contributed by atoms with Crippen molar-refractivity contribution in [1.29, 1.82) is 0 Å². The normalized spacial score (nSPS) is 17.8. The molecule has 6 nitrogen and oxygen atoms in total. The smallest absolute Gasteiger partial charge is 0.229 e. The lowest BCUT2D eigenvalue weighted by Gasteiger charge is -2.31. The molecule has 1 saturated heterocycles. The van der Waals surface area contributed by atoms with Gasteiger partial charge in [0.2, 0.25) is 11.9 Å². The lowest BCUT2D eigenvalue weighted by molar-refractivity contribution is -0.120. The Morgan fingerprint density at radius 2 is 2.13 bits per heavy atom. The van der Waals surface area contributed by atoms with Crippen LogP contribution >= 0.6 is 11.6 Å². The third-order valence-electron chi connectivity index (χ3n) is 3.84. The second-order valence-corrected chi connectivity index (χ2v) is 5.92. The number of rotatable bonds is 3. The number of amides is 1. The Bertz CT molecular complexity index is 696. The highest BCUT2D eigenvalue weighted by Crippen LogP contribution is 2.28. The van der Waals surface area contributed by atoms with E-state index in [4.69, 9.17) is 11.6 Å². The van der Waals surface area contributed by atoms with Crippen LogP contribution in [-0.2, 0) is 4.79 Å². The molecule has 1 aromatic carbocycles. The van der Waals surface area contributed by atoms with Crippen LogP contribution in [0.25, 0.3) is 0 Å². The van der Waals surface area contributed by atoms with E-state index in [2.05, 4.69) is 15.3 Å². The molecule has 0 aliphatic carbocycles. The molecule has 0 radical (unpaired) electrons. The van der Waals surface area contributed by atoms with Crippen molar-refractivity contribution in [2.24, 2.45) is 5.92 Å². The Balaban J connectivity index is 1.69. The molecule has 0 bridgehead atoms. The maximum Gasteiger partial charge on any atom is 0.229 e. The summed E-state index contributed by atoms with van der Waals surface area (Å²) >= 11 is 5.90. The fraction of sp³-hybridized carbons (Fsp3) is 0.312. The van der Waals surface area contributed by atoms with Crippen LogP contribution in [0, 0.1) is 5.92 Å². The van der Waals surface area contributed by atoms with Gasteiger partial charge in [0, 0.05) is 30.5 Å². The van der Waals surface area contributed by atoms with Gasteiger partial charge in [-0.25, -0.2) is 9.97 Å². The molecule has 7 heteroatoms. The lowest BCUT2D eigenvalue weighted by Crippen LogP contribution is -2.41. The molecule has 1 aliphatic rings. The molecule has 23 heavy (non-hydrogen) atoms. The van der Waals surface area contributed by atoms with Crippen molar-refractivity contribution in [2.45, 2.75) is 12.8 Å². The van der Waals surface area contributed by atoms with Gasteiger partial charge in [-0.3, -0.25) is 4.79 Å². The van der Waals surface area contributed by atoms with Gasteiger partial charge in [-0.05, 0) is 37.1 Å². The molecular weight excluding hydrogens is 316 g/mol. The first-order chi connectivity index (χ1) is 11.1. The first kappa shape index (κ1) is 15.6. The van der Waals surface area contributed by atoms with E-state index >= 15 is 0 Å². The number of aromatic hydroxyl groups is 1. The van der Waals surface area contributed by atoms with Crippen LogP contribution in [0.1, 0.15) is 12.8 Å². The predicted octanol–water partition coefficient (Wildman–Crippen LogP) is 2.69. The molecular formula is C16H17ClN4O2. The van der Waals surface area contributed by atoms with Gasteiger partial charge < -0.3 is 15.3 Å². The second-order valence-electron chi connectivity index (χ2n) is 5.48. The highest BCUT2D eigenvalue weighted by atomic mass is 35.5. The molecule has 1 atom stereocenters. The van der Waals surface area contributed by atoms with Gasteiger partial charge in [0.25, 0.3) is 0 Å². The van der Waals surface area contributed by atoms with E-state index < -0.39 is 0 Å². The van der Waals surface area contributed by atoms with Crippen molar-refractivity contribution in [2.75, 3.05) is 23.3 Å². The molecule has 1 aromatic heterocycles. The topological polar surface area (TPSA) is 78.4 Å². The van der Waals surface area contributed by atoms with Crippen molar-refractivity contribution in [1.82, 2.24) is 9.97 Å². The summed E-state index contributed by atoms with van der Waals surface area (Å²) in [6.07, 6.45) is 5.06. The highest BCUT2D eigenvalue weighted by molar-refractivity contribution is 6.31. The quantitative estimate of drug-likeness (QED) is 0.845. The van der Waals surface area contributed by atoms with Gasteiger partial charge in [-0.15, -0.1) is 0 Å². The number of halogens is 1. The Kier molecular flexibility index (Phi) is 4.62. The average Bonchev–Trinajstić information content (AvgIpc) is 2.59. The number of carbonyl (C=O) groups is 1. The third-order valence-corrected chi connectivity index (χ3v) is 4.08. The van der Waals surface area contributed by atoms with E-state index in [1.165, 1.54) is 12.1 Å². The Hall–Kier alpha value is -2.34. The van der Waals surface area contributed by atoms with Crippen LogP contribution in [0.15, 0.2) is 36.7 Å². The molecule has 0 saturated carbocycles. The summed E-state index contributed by atoms with van der Waals surface area (Å²) in [5.74, 6) is 0.312. The van der Waals surface area contributed by atoms with Crippen LogP contribution in [0.4, 0.5) is 11.6 Å². The number of nitrogens with zero attached hydrogens (tertiary/aromatic N) is 3. The van der Waals surface area contributed by atoms with E-state index in [0.717, 1.165) is 19.4 Å². The summed E-state index contributed by atoms with van der Waals surface area (Å²) in [4.78, 5) is 22.9. The third kappa shape index (κ3) is 3.71. The van der Waals surface area contributed by atoms with Crippen LogP contribution < -0.4 is 10.2 Å². The van der Waals surface area contributed by atoms with Gasteiger partial charge in [0.05, 0.1) is 11.6 Å². The monoisotopic (exact) mass is 332 g/mol. The van der Waals surface area contributed by atoms with E-state index in [1.54, 1.807) is 24.5 Å². The molecule has 1 amide bonds. The fourth-order valence-electron chi connectivity index (χ4n) is 2.67. The zero-order valence-corrected chi connectivity index (χ0v) is 13.2. The molecule has 3 rings (SSSR count). The number of hydrogen-bond acceptors (Lipinski definition) is 5. The van der Waals surface area contributed by atoms with Gasteiger partial charge in [-0.2, -0.15) is 0 Å². The number of phenols is 1. The Morgan fingerprint density at radius 1 is 1.35 bits per heavy atom. The van der Waals surface area contributed by atoms with Crippen molar-refractivity contribution in [3.05, 3.63) is 41.7 Å². The minimum atomic E-state index is -0.189. The number of phenolic OH excluding ortho intramolecular Hbond substituents is 1. The number of nitrogens with one attached hydrogen (secondary N) is 1. The second kappa shape index (κ2) is 6.83. The van der Waals surface area contributed by atoms with Gasteiger partial charge in [0.1, 0.15) is 5.75 Å². The van der Waals surface area contributed by atoms with Crippen LogP contribution in [0.2, 0.25) is 5.02 Å². The number of hydrogen-bond donors (Lipinski definition) is 2. The molecule has 120 valence electrons. The first-order valence-corrected chi connectivity index (χ1v) is 7.82. The summed E-state index contributed by atoms with van der Waals surface area (Å²) in [6.45, 7) is 1.38. The van der Waals surface area contributed by atoms with E-state index in [-0.39, 0.29) is 17.6 Å². The molecule has 1 fully saturated rings. The highest BCUT2D eigenvalue weighted by Gasteiger charge is 2.27. The standard InChI is InChI=1S/C16H17ClN4O2/c17-12-4-5-14(22)13(9-12)20-15(23)11-3-1-8-21(10-11)16-18-6-2-7-19-16/h2,4-7,9,11,22H,1,3,8,10H2,(H,20,23)/t11-/m0/s1. The summed E-state index contributed by atoms with van der Waals surface area (Å²) in [5.41, 5.74) is 0.329. The van der Waals surface area contributed by atoms with Crippen LogP contribution in [-0.4, -0.2) is 34.1 Å². The number of benzene rings is 1. The van der Waals surface area contributed by atoms with Gasteiger partial charge in [0.15, 0.2) is 0 Å². The minimum absolute atomic E-state index is 0.00167. The Labute approximate surface area is 139 Å². The SMILES string of the molecule is O=C(Nc1cc(Cl)ccc1O)[C@H]1CCCN(c2ncccn2)C1. The number of carbonyl (C=O) groups excluding carboxylic acids is 1. The number of piperidine rings is 1.